The first-order chi connectivity index (χ1) is 9.61. The fourth-order valence-corrected chi connectivity index (χ4v) is 2.99. The maximum absolute atomic E-state index is 11.7. The van der Waals surface area contributed by atoms with Gasteiger partial charge in [0.25, 0.3) is 5.56 Å². The Morgan fingerprint density at radius 3 is 3.20 bits per heavy atom. The van der Waals surface area contributed by atoms with Gasteiger partial charge in [0.05, 0.1) is 12.3 Å². The third-order valence-electron chi connectivity index (χ3n) is 2.38. The summed E-state index contributed by atoms with van der Waals surface area (Å²) in [4.78, 5) is 27.9. The van der Waals surface area contributed by atoms with Crippen LogP contribution in [0.25, 0.3) is 4.96 Å². The van der Waals surface area contributed by atoms with E-state index in [0.717, 1.165) is 0 Å². The van der Waals surface area contributed by atoms with Gasteiger partial charge in [-0.3, -0.25) is 9.59 Å². The topological polar surface area (TPSA) is 99.6 Å². The Morgan fingerprint density at radius 2 is 2.45 bits per heavy atom. The van der Waals surface area contributed by atoms with Crippen molar-refractivity contribution in [1.82, 2.24) is 14.6 Å². The summed E-state index contributed by atoms with van der Waals surface area (Å²) in [5.41, 5.74) is 7.69. The van der Waals surface area contributed by atoms with E-state index in [1.54, 1.807) is 12.4 Å². The van der Waals surface area contributed by atoms with Crippen molar-refractivity contribution in [3.05, 3.63) is 27.6 Å². The van der Waals surface area contributed by atoms with Gasteiger partial charge in [0.15, 0.2) is 0 Å². The second-order valence-electron chi connectivity index (χ2n) is 3.89. The number of ether oxygens (including phenoxy) is 1. The molecule has 0 aliphatic rings. The summed E-state index contributed by atoms with van der Waals surface area (Å²) in [7, 11) is 0. The van der Waals surface area contributed by atoms with Crippen molar-refractivity contribution < 1.29 is 9.53 Å². The Labute approximate surface area is 123 Å². The lowest BCUT2D eigenvalue weighted by Gasteiger charge is -2.09. The lowest BCUT2D eigenvalue weighted by molar-refractivity contribution is -0.144. The molecule has 2 heterocycles. The predicted octanol–water partition coefficient (Wildman–Crippen LogP) is 0.275. The van der Waals surface area contributed by atoms with E-state index in [1.807, 2.05) is 0 Å². The van der Waals surface area contributed by atoms with Gasteiger partial charge < -0.3 is 10.5 Å². The van der Waals surface area contributed by atoms with E-state index in [2.05, 4.69) is 10.1 Å². The summed E-state index contributed by atoms with van der Waals surface area (Å²) < 4.78 is 6.07. The van der Waals surface area contributed by atoms with Crippen LogP contribution in [0.3, 0.4) is 0 Å². The molecule has 0 amide bonds. The van der Waals surface area contributed by atoms with Crippen LogP contribution in [0, 0.1) is 0 Å². The van der Waals surface area contributed by atoms with Crippen molar-refractivity contribution in [1.29, 1.82) is 0 Å². The number of rotatable bonds is 6. The van der Waals surface area contributed by atoms with Crippen molar-refractivity contribution in [2.24, 2.45) is 5.73 Å². The van der Waals surface area contributed by atoms with E-state index in [1.165, 1.54) is 33.7 Å². The van der Waals surface area contributed by atoms with E-state index in [0.29, 0.717) is 28.8 Å². The number of fused-ring (bicyclic) bond motifs is 1. The van der Waals surface area contributed by atoms with Gasteiger partial charge in [-0.15, -0.1) is 0 Å². The molecule has 0 fully saturated rings. The molecule has 2 rings (SSSR count). The second kappa shape index (κ2) is 6.82. The van der Waals surface area contributed by atoms with Crippen LogP contribution < -0.4 is 11.3 Å². The van der Waals surface area contributed by atoms with Crippen LogP contribution >= 0.6 is 23.1 Å². The lowest BCUT2D eigenvalue weighted by atomic mass is 10.4. The second-order valence-corrected chi connectivity index (χ2v) is 5.73. The van der Waals surface area contributed by atoms with Gasteiger partial charge in [-0.2, -0.15) is 21.4 Å². The number of nitrogens with two attached hydrogens (primary N) is 1. The Balaban J connectivity index is 1.93. The van der Waals surface area contributed by atoms with Crippen LogP contribution in [-0.2, 0) is 15.3 Å². The van der Waals surface area contributed by atoms with E-state index in [-0.39, 0.29) is 5.56 Å². The number of thioether (sulfide) groups is 1. The number of aromatic nitrogens is 3. The molecule has 0 aliphatic carbocycles. The monoisotopic (exact) mass is 314 g/mol. The molecule has 7 nitrogen and oxygen atoms in total. The minimum absolute atomic E-state index is 0.207. The molecule has 0 spiro atoms. The molecular formula is C11H14N4O3S2. The largest absolute Gasteiger partial charge is 0.465 e. The number of hydrogen-bond donors (Lipinski definition) is 1. The predicted molar refractivity (Wildman–Crippen MR) is 77.9 cm³/mol. The highest BCUT2D eigenvalue weighted by Gasteiger charge is 2.14. The van der Waals surface area contributed by atoms with Crippen LogP contribution in [0.5, 0.6) is 0 Å². The highest BCUT2D eigenvalue weighted by atomic mass is 32.2. The minimum atomic E-state index is -0.659. The summed E-state index contributed by atoms with van der Waals surface area (Å²) in [6.07, 6.45) is 0. The van der Waals surface area contributed by atoms with Gasteiger partial charge in [0, 0.05) is 17.6 Å². The number of carbonyl (C=O) groups is 1. The third-order valence-corrected chi connectivity index (χ3v) is 4.15. The molecule has 0 aliphatic heterocycles. The molecule has 0 bridgehead atoms. The van der Waals surface area contributed by atoms with Gasteiger partial charge in [0.2, 0.25) is 4.96 Å². The van der Waals surface area contributed by atoms with E-state index in [4.69, 9.17) is 10.5 Å². The Morgan fingerprint density at radius 1 is 1.65 bits per heavy atom. The molecule has 1 atom stereocenters. The van der Waals surface area contributed by atoms with Gasteiger partial charge in [-0.1, -0.05) is 11.3 Å². The standard InChI is InChI=1S/C11H14N4O3S2/c1-2-18-10(17)8(12)5-19-4-7-3-9(16)15-11(14-7)20-6-13-15/h3,6,8H,2,4-5,12H2,1H3. The minimum Gasteiger partial charge on any atom is -0.465 e. The van der Waals surface area contributed by atoms with Gasteiger partial charge in [-0.05, 0) is 6.92 Å². The first-order valence-electron chi connectivity index (χ1n) is 5.94. The smallest absolute Gasteiger partial charge is 0.323 e. The Kier molecular flexibility index (Phi) is 5.10. The molecule has 0 radical (unpaired) electrons. The first kappa shape index (κ1) is 14.9. The van der Waals surface area contributed by atoms with Gasteiger partial charge in [0.1, 0.15) is 11.6 Å². The Bertz CT molecular complexity index is 654. The highest BCUT2D eigenvalue weighted by molar-refractivity contribution is 7.98. The van der Waals surface area contributed by atoms with Gasteiger partial charge in [-0.25, -0.2) is 4.98 Å². The molecule has 2 aromatic heterocycles. The highest BCUT2D eigenvalue weighted by Crippen LogP contribution is 2.12. The zero-order chi connectivity index (χ0) is 14.5. The summed E-state index contributed by atoms with van der Waals surface area (Å²) in [5.74, 6) is 0.519. The molecule has 2 aromatic rings. The van der Waals surface area contributed by atoms with Crippen molar-refractivity contribution in [3.63, 3.8) is 0 Å². The SMILES string of the molecule is CCOC(=O)C(N)CSCc1cc(=O)n2ncsc2n1. The number of nitrogens with zero attached hydrogens (tertiary/aromatic N) is 3. The van der Waals surface area contributed by atoms with Crippen molar-refractivity contribution in [3.8, 4) is 0 Å². The molecule has 0 saturated carbocycles. The average Bonchev–Trinajstić information content (AvgIpc) is 2.87. The fraction of sp³-hybridized carbons (Fsp3) is 0.455. The number of hydrogen-bond acceptors (Lipinski definition) is 8. The number of esters is 1. The van der Waals surface area contributed by atoms with Crippen LogP contribution in [-0.4, -0.2) is 39.0 Å². The van der Waals surface area contributed by atoms with Crippen LogP contribution in [0.15, 0.2) is 16.4 Å². The van der Waals surface area contributed by atoms with Crippen molar-refractivity contribution in [2.45, 2.75) is 18.7 Å². The molecule has 108 valence electrons. The maximum atomic E-state index is 11.7. The summed E-state index contributed by atoms with van der Waals surface area (Å²) in [5, 5.41) is 3.88. The Hall–Kier alpha value is -1.45. The van der Waals surface area contributed by atoms with Gasteiger partial charge >= 0.3 is 5.97 Å². The van der Waals surface area contributed by atoms with E-state index in [9.17, 15) is 9.59 Å². The van der Waals surface area contributed by atoms with Crippen LogP contribution in [0.2, 0.25) is 0 Å². The van der Waals surface area contributed by atoms with Crippen molar-refractivity contribution >= 4 is 34.0 Å². The molecule has 0 saturated heterocycles. The zero-order valence-electron chi connectivity index (χ0n) is 10.8. The summed E-state index contributed by atoms with van der Waals surface area (Å²) in [6, 6.07) is 0.781. The summed E-state index contributed by atoms with van der Waals surface area (Å²) >= 11 is 2.74. The van der Waals surface area contributed by atoms with E-state index >= 15 is 0 Å². The molecule has 9 heteroatoms. The normalized spacial score (nSPS) is 12.5. The molecule has 20 heavy (non-hydrogen) atoms. The van der Waals surface area contributed by atoms with E-state index < -0.39 is 12.0 Å². The first-order valence-corrected chi connectivity index (χ1v) is 7.97. The third kappa shape index (κ3) is 3.56. The van der Waals surface area contributed by atoms with Crippen LogP contribution in [0.1, 0.15) is 12.6 Å². The lowest BCUT2D eigenvalue weighted by Crippen LogP contribution is -2.34. The quantitative estimate of drug-likeness (QED) is 0.764. The fourth-order valence-electron chi connectivity index (χ4n) is 1.48. The van der Waals surface area contributed by atoms with Crippen LogP contribution in [0.4, 0.5) is 0 Å². The molecule has 1 unspecified atom stereocenters. The summed E-state index contributed by atoms with van der Waals surface area (Å²) in [6.45, 7) is 2.05. The maximum Gasteiger partial charge on any atom is 0.323 e. The van der Waals surface area contributed by atoms with Crippen molar-refractivity contribution in [2.75, 3.05) is 12.4 Å². The number of carbonyl (C=O) groups excluding carboxylic acids is 1. The molecule has 0 aromatic carbocycles. The zero-order valence-corrected chi connectivity index (χ0v) is 12.4. The average molecular weight is 314 g/mol. The molecular weight excluding hydrogens is 300 g/mol. The molecule has 2 N–H and O–H groups in total.